The van der Waals surface area contributed by atoms with Crippen molar-refractivity contribution in [1.82, 2.24) is 9.97 Å². The Balaban J connectivity index is 1.89. The van der Waals surface area contributed by atoms with E-state index in [1.54, 1.807) is 11.3 Å². The Hall–Kier alpha value is -0.870. The van der Waals surface area contributed by atoms with Crippen molar-refractivity contribution in [1.29, 1.82) is 0 Å². The average molecular weight is 282 g/mol. The predicted octanol–water partition coefficient (Wildman–Crippen LogP) is 3.97. The van der Waals surface area contributed by atoms with Crippen molar-refractivity contribution in [2.75, 3.05) is 18.5 Å². The number of fused-ring (bicyclic) bond motifs is 1. The Labute approximate surface area is 116 Å². The summed E-state index contributed by atoms with van der Waals surface area (Å²) in [7, 11) is 2.11. The van der Waals surface area contributed by atoms with Crippen LogP contribution < -0.4 is 4.90 Å². The normalized spacial score (nSPS) is 16.6. The van der Waals surface area contributed by atoms with Gasteiger partial charge in [0, 0.05) is 13.6 Å². The highest BCUT2D eigenvalue weighted by atomic mass is 35.5. The van der Waals surface area contributed by atoms with E-state index in [1.165, 1.54) is 25.7 Å². The molecule has 0 amide bonds. The van der Waals surface area contributed by atoms with Gasteiger partial charge in [-0.05, 0) is 41.8 Å². The smallest absolute Gasteiger partial charge is 0.225 e. The van der Waals surface area contributed by atoms with Gasteiger partial charge in [0.15, 0.2) is 0 Å². The summed E-state index contributed by atoms with van der Waals surface area (Å²) >= 11 is 7.61. The van der Waals surface area contributed by atoms with Crippen LogP contribution in [-0.2, 0) is 0 Å². The molecule has 0 atom stereocenters. The molecule has 0 bridgehead atoms. The van der Waals surface area contributed by atoms with E-state index in [2.05, 4.69) is 28.0 Å². The lowest BCUT2D eigenvalue weighted by molar-refractivity contribution is 0.545. The van der Waals surface area contributed by atoms with E-state index in [-0.39, 0.29) is 0 Å². The quantitative estimate of drug-likeness (QED) is 0.797. The molecule has 1 saturated carbocycles. The lowest BCUT2D eigenvalue weighted by Crippen LogP contribution is -2.25. The Morgan fingerprint density at radius 1 is 1.39 bits per heavy atom. The van der Waals surface area contributed by atoms with Crippen LogP contribution in [0.2, 0.25) is 5.28 Å². The third kappa shape index (κ3) is 2.31. The summed E-state index contributed by atoms with van der Waals surface area (Å²) in [5, 5.41) is 3.51. The Kier molecular flexibility index (Phi) is 3.39. The minimum atomic E-state index is 0.346. The van der Waals surface area contributed by atoms with Crippen LogP contribution in [0.15, 0.2) is 11.4 Å². The first kappa shape index (κ1) is 12.2. The van der Waals surface area contributed by atoms with Crippen molar-refractivity contribution >= 4 is 39.0 Å². The summed E-state index contributed by atoms with van der Waals surface area (Å²) in [4.78, 5) is 11.9. The Morgan fingerprint density at radius 3 is 2.94 bits per heavy atom. The van der Waals surface area contributed by atoms with Crippen LogP contribution in [0, 0.1) is 5.92 Å². The van der Waals surface area contributed by atoms with Crippen LogP contribution in [-0.4, -0.2) is 23.6 Å². The van der Waals surface area contributed by atoms with Crippen molar-refractivity contribution in [3.8, 4) is 0 Å². The lowest BCUT2D eigenvalue weighted by Gasteiger charge is -2.22. The van der Waals surface area contributed by atoms with Gasteiger partial charge in [-0.2, -0.15) is 4.98 Å². The summed E-state index contributed by atoms with van der Waals surface area (Å²) < 4.78 is 0. The second-order valence-electron chi connectivity index (χ2n) is 4.99. The number of nitrogens with zero attached hydrogens (tertiary/aromatic N) is 3. The van der Waals surface area contributed by atoms with Crippen molar-refractivity contribution in [3.05, 3.63) is 16.7 Å². The van der Waals surface area contributed by atoms with Crippen molar-refractivity contribution in [2.45, 2.75) is 25.7 Å². The molecule has 0 saturated heterocycles. The molecule has 1 fully saturated rings. The van der Waals surface area contributed by atoms with Gasteiger partial charge in [0.05, 0.1) is 5.39 Å². The van der Waals surface area contributed by atoms with Gasteiger partial charge < -0.3 is 4.90 Å². The first-order chi connectivity index (χ1) is 8.74. The Bertz CT molecular complexity index is 548. The van der Waals surface area contributed by atoms with Gasteiger partial charge in [-0.1, -0.05) is 12.8 Å². The van der Waals surface area contributed by atoms with E-state index >= 15 is 0 Å². The first-order valence-electron chi connectivity index (χ1n) is 6.36. The third-order valence-electron chi connectivity index (χ3n) is 3.65. The molecule has 3 rings (SSSR count). The molecule has 2 aromatic rings. The van der Waals surface area contributed by atoms with Gasteiger partial charge in [-0.3, -0.25) is 0 Å². The van der Waals surface area contributed by atoms with Gasteiger partial charge in [0.1, 0.15) is 10.6 Å². The van der Waals surface area contributed by atoms with E-state index in [0.29, 0.717) is 5.28 Å². The molecular formula is C13H16ClN3S. The minimum absolute atomic E-state index is 0.346. The third-order valence-corrected chi connectivity index (χ3v) is 4.62. The van der Waals surface area contributed by atoms with Gasteiger partial charge >= 0.3 is 0 Å². The molecule has 0 spiro atoms. The zero-order valence-electron chi connectivity index (χ0n) is 10.4. The summed E-state index contributed by atoms with van der Waals surface area (Å²) in [5.41, 5.74) is 0. The van der Waals surface area contributed by atoms with Crippen molar-refractivity contribution in [2.24, 2.45) is 5.92 Å². The molecule has 18 heavy (non-hydrogen) atoms. The van der Waals surface area contributed by atoms with Crippen LogP contribution in [0.1, 0.15) is 25.7 Å². The number of hydrogen-bond donors (Lipinski definition) is 0. The minimum Gasteiger partial charge on any atom is -0.359 e. The average Bonchev–Trinajstić information content (AvgIpc) is 2.97. The van der Waals surface area contributed by atoms with E-state index in [0.717, 1.165) is 28.5 Å². The van der Waals surface area contributed by atoms with Crippen LogP contribution in [0.5, 0.6) is 0 Å². The monoisotopic (exact) mass is 281 g/mol. The van der Waals surface area contributed by atoms with E-state index < -0.39 is 0 Å². The molecule has 0 N–H and O–H groups in total. The largest absolute Gasteiger partial charge is 0.359 e. The zero-order valence-corrected chi connectivity index (χ0v) is 12.0. The van der Waals surface area contributed by atoms with Crippen LogP contribution >= 0.6 is 22.9 Å². The number of anilines is 1. The maximum Gasteiger partial charge on any atom is 0.225 e. The van der Waals surface area contributed by atoms with Crippen molar-refractivity contribution in [3.63, 3.8) is 0 Å². The highest BCUT2D eigenvalue weighted by Crippen LogP contribution is 2.31. The van der Waals surface area contributed by atoms with Gasteiger partial charge in [-0.15, -0.1) is 11.3 Å². The molecule has 2 heterocycles. The van der Waals surface area contributed by atoms with Gasteiger partial charge in [0.25, 0.3) is 0 Å². The summed E-state index contributed by atoms with van der Waals surface area (Å²) in [6.45, 7) is 1.07. The number of hydrogen-bond acceptors (Lipinski definition) is 4. The highest BCUT2D eigenvalue weighted by Gasteiger charge is 2.19. The second-order valence-corrected chi connectivity index (χ2v) is 6.22. The van der Waals surface area contributed by atoms with Gasteiger partial charge in [-0.25, -0.2) is 4.98 Å². The fraction of sp³-hybridized carbons (Fsp3) is 0.538. The lowest BCUT2D eigenvalue weighted by atomic mass is 10.1. The van der Waals surface area contributed by atoms with Gasteiger partial charge in [0.2, 0.25) is 5.28 Å². The standard InChI is InChI=1S/C13H16ClN3S/c1-17(8-9-4-2-3-5-9)11-10-6-7-18-12(10)16-13(14)15-11/h6-7,9H,2-5,8H2,1H3. The zero-order chi connectivity index (χ0) is 12.5. The fourth-order valence-corrected chi connectivity index (χ4v) is 3.75. The summed E-state index contributed by atoms with van der Waals surface area (Å²) in [6.07, 6.45) is 5.43. The molecule has 3 nitrogen and oxygen atoms in total. The van der Waals surface area contributed by atoms with Crippen LogP contribution in [0.4, 0.5) is 5.82 Å². The van der Waals surface area contributed by atoms with Crippen LogP contribution in [0.3, 0.4) is 0 Å². The molecule has 0 radical (unpaired) electrons. The van der Waals surface area contributed by atoms with Crippen LogP contribution in [0.25, 0.3) is 10.2 Å². The predicted molar refractivity (Wildman–Crippen MR) is 77.7 cm³/mol. The molecule has 0 aliphatic heterocycles. The molecule has 1 aliphatic carbocycles. The topological polar surface area (TPSA) is 29.0 Å². The van der Waals surface area contributed by atoms with E-state index in [9.17, 15) is 0 Å². The number of rotatable bonds is 3. The molecule has 2 aromatic heterocycles. The summed E-state index contributed by atoms with van der Waals surface area (Å²) in [5.74, 6) is 1.77. The summed E-state index contributed by atoms with van der Waals surface area (Å²) in [6, 6.07) is 2.08. The maximum absolute atomic E-state index is 6.00. The number of aromatic nitrogens is 2. The molecule has 0 aromatic carbocycles. The number of thiophene rings is 1. The second kappa shape index (κ2) is 5.02. The number of halogens is 1. The first-order valence-corrected chi connectivity index (χ1v) is 7.61. The van der Waals surface area contributed by atoms with E-state index in [4.69, 9.17) is 11.6 Å². The molecular weight excluding hydrogens is 266 g/mol. The Morgan fingerprint density at radius 2 is 2.17 bits per heavy atom. The van der Waals surface area contributed by atoms with E-state index in [1.807, 2.05) is 5.38 Å². The van der Waals surface area contributed by atoms with Crippen molar-refractivity contribution < 1.29 is 0 Å². The fourth-order valence-electron chi connectivity index (χ4n) is 2.77. The molecule has 1 aliphatic rings. The SMILES string of the molecule is CN(CC1CCCC1)c1nc(Cl)nc2sccc12. The molecule has 5 heteroatoms. The highest BCUT2D eigenvalue weighted by molar-refractivity contribution is 7.16. The maximum atomic E-state index is 6.00. The molecule has 96 valence electrons. The molecule has 0 unspecified atom stereocenters.